The van der Waals surface area contributed by atoms with E-state index in [1.54, 1.807) is 11.8 Å². The lowest BCUT2D eigenvalue weighted by atomic mass is 10.2. The van der Waals surface area contributed by atoms with Gasteiger partial charge in [0.2, 0.25) is 0 Å². The number of hydrazone groups is 1. The Labute approximate surface area is 93.9 Å². The van der Waals surface area contributed by atoms with Crippen LogP contribution in [0.2, 0.25) is 0 Å². The summed E-state index contributed by atoms with van der Waals surface area (Å²) >= 11 is 1.64. The first kappa shape index (κ1) is 10.2. The molecule has 78 valence electrons. The summed E-state index contributed by atoms with van der Waals surface area (Å²) in [7, 11) is 0. The molecule has 0 radical (unpaired) electrons. The quantitative estimate of drug-likeness (QED) is 0.712. The third-order valence-electron chi connectivity index (χ3n) is 2.11. The molecule has 0 aliphatic carbocycles. The van der Waals surface area contributed by atoms with Crippen molar-refractivity contribution in [2.45, 2.75) is 0 Å². The van der Waals surface area contributed by atoms with Gasteiger partial charge in [-0.15, -0.1) is 0 Å². The molecule has 0 amide bonds. The zero-order chi connectivity index (χ0) is 10.5. The Morgan fingerprint density at radius 3 is 2.93 bits per heavy atom. The minimum Gasteiger partial charge on any atom is -0.259 e. The van der Waals surface area contributed by atoms with Gasteiger partial charge in [0.1, 0.15) is 0 Å². The van der Waals surface area contributed by atoms with Crippen molar-refractivity contribution in [3.8, 4) is 0 Å². The van der Waals surface area contributed by atoms with Gasteiger partial charge < -0.3 is 0 Å². The number of benzene rings is 1. The topological polar surface area (TPSA) is 28.0 Å². The summed E-state index contributed by atoms with van der Waals surface area (Å²) in [4.78, 5) is 4.34. The third kappa shape index (κ3) is 2.59. The Balaban J connectivity index is 2.03. The number of hydrogen-bond acceptors (Lipinski definition) is 4. The van der Waals surface area contributed by atoms with Gasteiger partial charge in [-0.25, -0.2) is 5.01 Å². The molecule has 0 unspecified atom stereocenters. The van der Waals surface area contributed by atoms with Crippen LogP contribution in [0.3, 0.4) is 0 Å². The van der Waals surface area contributed by atoms with Gasteiger partial charge in [0.25, 0.3) is 0 Å². The number of aliphatic imine (C=N–C) groups is 1. The van der Waals surface area contributed by atoms with Crippen LogP contribution in [-0.2, 0) is 0 Å². The van der Waals surface area contributed by atoms with E-state index >= 15 is 0 Å². The van der Waals surface area contributed by atoms with Gasteiger partial charge in [0.15, 0.2) is 5.17 Å². The Morgan fingerprint density at radius 1 is 1.40 bits per heavy atom. The Hall–Kier alpha value is -1.29. The van der Waals surface area contributed by atoms with Crippen LogP contribution in [0.4, 0.5) is 0 Å². The number of hydrogen-bond donors (Lipinski definition) is 0. The van der Waals surface area contributed by atoms with Crippen LogP contribution >= 0.6 is 11.8 Å². The molecule has 4 heteroatoms. The first-order valence-corrected chi connectivity index (χ1v) is 6.07. The number of nitrogens with zero attached hydrogens (tertiary/aromatic N) is 3. The average molecular weight is 219 g/mol. The monoisotopic (exact) mass is 219 g/mol. The van der Waals surface area contributed by atoms with Crippen molar-refractivity contribution < 1.29 is 0 Å². The summed E-state index contributed by atoms with van der Waals surface area (Å²) in [5.74, 6) is 0. The molecule has 1 aliphatic heterocycles. The second-order valence-corrected chi connectivity index (χ2v) is 3.92. The molecule has 0 bridgehead atoms. The van der Waals surface area contributed by atoms with Crippen LogP contribution in [-0.4, -0.2) is 35.7 Å². The highest BCUT2D eigenvalue weighted by Gasteiger charge is 2.13. The zero-order valence-electron chi connectivity index (χ0n) is 8.63. The molecule has 3 nitrogen and oxygen atoms in total. The standard InChI is InChI=1S/C11H13N3S/c1-15-11-12-7-8-14(11)13-9-10-5-3-2-4-6-10/h2-6,9H,7-8H2,1H3/b13-9-. The maximum Gasteiger partial charge on any atom is 0.179 e. The predicted molar refractivity (Wildman–Crippen MR) is 66.6 cm³/mol. The summed E-state index contributed by atoms with van der Waals surface area (Å²) < 4.78 is 0. The zero-order valence-corrected chi connectivity index (χ0v) is 9.44. The number of rotatable bonds is 2. The molecule has 0 fully saturated rings. The van der Waals surface area contributed by atoms with Gasteiger partial charge >= 0.3 is 0 Å². The molecule has 1 heterocycles. The lowest BCUT2D eigenvalue weighted by Gasteiger charge is -2.10. The molecule has 1 aromatic rings. The van der Waals surface area contributed by atoms with Crippen molar-refractivity contribution in [3.05, 3.63) is 35.9 Å². The molecular formula is C11H13N3S. The normalized spacial score (nSPS) is 16.1. The lowest BCUT2D eigenvalue weighted by molar-refractivity contribution is 0.499. The minimum absolute atomic E-state index is 0.850. The second kappa shape index (κ2) is 4.98. The highest BCUT2D eigenvalue weighted by atomic mass is 32.2. The Bertz CT molecular complexity index is 373. The van der Waals surface area contributed by atoms with Crippen molar-refractivity contribution in [1.29, 1.82) is 0 Å². The summed E-state index contributed by atoms with van der Waals surface area (Å²) in [6.45, 7) is 1.74. The van der Waals surface area contributed by atoms with E-state index in [4.69, 9.17) is 0 Å². The molecule has 0 saturated carbocycles. The average Bonchev–Trinajstić information content (AvgIpc) is 2.75. The van der Waals surface area contributed by atoms with Gasteiger partial charge in [-0.3, -0.25) is 4.99 Å². The summed E-state index contributed by atoms with van der Waals surface area (Å²) in [6.07, 6.45) is 3.90. The van der Waals surface area contributed by atoms with E-state index < -0.39 is 0 Å². The third-order valence-corrected chi connectivity index (χ3v) is 2.81. The van der Waals surface area contributed by atoms with Crippen LogP contribution in [0, 0.1) is 0 Å². The molecule has 0 aromatic heterocycles. The van der Waals surface area contributed by atoms with Gasteiger partial charge in [0, 0.05) is 0 Å². The number of amidine groups is 1. The summed E-state index contributed by atoms with van der Waals surface area (Å²) in [6, 6.07) is 10.1. The molecule has 1 aromatic carbocycles. The summed E-state index contributed by atoms with van der Waals surface area (Å²) in [5, 5.41) is 7.35. The molecule has 0 atom stereocenters. The highest BCUT2D eigenvalue weighted by molar-refractivity contribution is 8.13. The molecule has 0 N–H and O–H groups in total. The van der Waals surface area contributed by atoms with Crippen molar-refractivity contribution in [2.24, 2.45) is 10.1 Å². The Morgan fingerprint density at radius 2 is 2.20 bits per heavy atom. The number of thioether (sulfide) groups is 1. The van der Waals surface area contributed by atoms with E-state index in [0.717, 1.165) is 23.8 Å². The van der Waals surface area contributed by atoms with Crippen molar-refractivity contribution in [3.63, 3.8) is 0 Å². The van der Waals surface area contributed by atoms with E-state index in [-0.39, 0.29) is 0 Å². The van der Waals surface area contributed by atoms with Crippen molar-refractivity contribution in [2.75, 3.05) is 19.3 Å². The van der Waals surface area contributed by atoms with E-state index in [1.165, 1.54) is 0 Å². The van der Waals surface area contributed by atoms with Crippen LogP contribution in [0.5, 0.6) is 0 Å². The van der Waals surface area contributed by atoms with E-state index in [1.807, 2.05) is 47.8 Å². The van der Waals surface area contributed by atoms with Crippen molar-refractivity contribution in [1.82, 2.24) is 5.01 Å². The van der Waals surface area contributed by atoms with Gasteiger partial charge in [-0.1, -0.05) is 42.1 Å². The lowest BCUT2D eigenvalue weighted by Crippen LogP contribution is -2.19. The smallest absolute Gasteiger partial charge is 0.179 e. The summed E-state index contributed by atoms with van der Waals surface area (Å²) in [5.41, 5.74) is 1.12. The fourth-order valence-electron chi connectivity index (χ4n) is 1.37. The van der Waals surface area contributed by atoms with Crippen LogP contribution < -0.4 is 0 Å². The molecule has 0 spiro atoms. The van der Waals surface area contributed by atoms with Crippen LogP contribution in [0.1, 0.15) is 5.56 Å². The van der Waals surface area contributed by atoms with E-state index in [0.29, 0.717) is 0 Å². The van der Waals surface area contributed by atoms with Crippen LogP contribution in [0.15, 0.2) is 40.4 Å². The molecule has 15 heavy (non-hydrogen) atoms. The molecule has 1 aliphatic rings. The first-order valence-electron chi connectivity index (χ1n) is 4.85. The van der Waals surface area contributed by atoms with Gasteiger partial charge in [-0.2, -0.15) is 5.10 Å². The van der Waals surface area contributed by atoms with Crippen molar-refractivity contribution >= 4 is 23.1 Å². The van der Waals surface area contributed by atoms with Gasteiger partial charge in [0.05, 0.1) is 19.3 Å². The van der Waals surface area contributed by atoms with Crippen LogP contribution in [0.25, 0.3) is 0 Å². The largest absolute Gasteiger partial charge is 0.259 e. The minimum atomic E-state index is 0.850. The second-order valence-electron chi connectivity index (χ2n) is 3.15. The fraction of sp³-hybridized carbons (Fsp3) is 0.273. The maximum absolute atomic E-state index is 4.40. The molecule has 0 saturated heterocycles. The van der Waals surface area contributed by atoms with Gasteiger partial charge in [-0.05, 0) is 11.8 Å². The predicted octanol–water partition coefficient (Wildman–Crippen LogP) is 2.06. The first-order chi connectivity index (χ1) is 7.40. The SMILES string of the molecule is CSC1=NCCN1/N=C\c1ccccc1. The van der Waals surface area contributed by atoms with E-state index in [2.05, 4.69) is 10.1 Å². The van der Waals surface area contributed by atoms with E-state index in [9.17, 15) is 0 Å². The maximum atomic E-state index is 4.40. The fourth-order valence-corrected chi connectivity index (χ4v) is 1.94. The Kier molecular flexibility index (Phi) is 3.40. The molecular weight excluding hydrogens is 206 g/mol. The highest BCUT2D eigenvalue weighted by Crippen LogP contribution is 2.11. The molecule has 2 rings (SSSR count).